The number of benzene rings is 2. The lowest BCUT2D eigenvalue weighted by molar-refractivity contribution is -0.129. The number of ether oxygens (including phenoxy) is 1. The first kappa shape index (κ1) is 16.0. The van der Waals surface area contributed by atoms with Crippen molar-refractivity contribution in [2.24, 2.45) is 0 Å². The third-order valence-corrected chi connectivity index (χ3v) is 3.13. The Balaban J connectivity index is 1.88. The second-order valence-electron chi connectivity index (χ2n) is 5.34. The molecule has 0 aliphatic heterocycles. The number of rotatable bonds is 6. The number of nitrogens with one attached hydrogen (secondary N) is 1. The average molecular weight is 299 g/mol. The highest BCUT2D eigenvalue weighted by molar-refractivity contribution is 5.81. The molecule has 0 aliphatic rings. The Bertz CT molecular complexity index is 593. The van der Waals surface area contributed by atoms with Crippen molar-refractivity contribution in [1.29, 1.82) is 0 Å². The molecule has 1 atom stereocenters. The van der Waals surface area contributed by atoms with Gasteiger partial charge in [-0.15, -0.1) is 0 Å². The SMILES string of the molecule is CC(C)Oc1ccc(CNC(=O)C(O)c2ccccc2)cc1. The van der Waals surface area contributed by atoms with Crippen LogP contribution in [0, 0.1) is 0 Å². The van der Waals surface area contributed by atoms with E-state index in [0.717, 1.165) is 11.3 Å². The van der Waals surface area contributed by atoms with Crippen LogP contribution in [-0.4, -0.2) is 17.1 Å². The standard InChI is InChI=1S/C18H21NO3/c1-13(2)22-16-10-8-14(9-11-16)12-19-18(21)17(20)15-6-4-3-5-7-15/h3-11,13,17,20H,12H2,1-2H3,(H,19,21). The molecule has 0 saturated heterocycles. The lowest BCUT2D eigenvalue weighted by atomic mass is 10.1. The second kappa shape index (κ2) is 7.61. The third kappa shape index (κ3) is 4.60. The fourth-order valence-electron chi connectivity index (χ4n) is 2.03. The van der Waals surface area contributed by atoms with Gasteiger partial charge in [-0.3, -0.25) is 4.79 Å². The molecule has 0 aliphatic carbocycles. The second-order valence-corrected chi connectivity index (χ2v) is 5.34. The lowest BCUT2D eigenvalue weighted by Gasteiger charge is -2.13. The topological polar surface area (TPSA) is 58.6 Å². The summed E-state index contributed by atoms with van der Waals surface area (Å²) >= 11 is 0. The minimum Gasteiger partial charge on any atom is -0.491 e. The van der Waals surface area contributed by atoms with E-state index in [9.17, 15) is 9.90 Å². The number of hydrogen-bond donors (Lipinski definition) is 2. The first-order chi connectivity index (χ1) is 10.6. The third-order valence-electron chi connectivity index (χ3n) is 3.13. The summed E-state index contributed by atoms with van der Waals surface area (Å²) in [5, 5.41) is 12.7. The molecule has 22 heavy (non-hydrogen) atoms. The van der Waals surface area contributed by atoms with Gasteiger partial charge in [0.05, 0.1) is 6.10 Å². The van der Waals surface area contributed by atoms with E-state index in [1.807, 2.05) is 44.2 Å². The smallest absolute Gasteiger partial charge is 0.253 e. The summed E-state index contributed by atoms with van der Waals surface area (Å²) in [6, 6.07) is 16.4. The zero-order chi connectivity index (χ0) is 15.9. The van der Waals surface area contributed by atoms with Crippen LogP contribution >= 0.6 is 0 Å². The van der Waals surface area contributed by atoms with Gasteiger partial charge in [0.25, 0.3) is 5.91 Å². The molecule has 1 amide bonds. The van der Waals surface area contributed by atoms with Gasteiger partial charge in [0.15, 0.2) is 6.10 Å². The maximum absolute atomic E-state index is 11.9. The van der Waals surface area contributed by atoms with Crippen molar-refractivity contribution < 1.29 is 14.6 Å². The van der Waals surface area contributed by atoms with Gasteiger partial charge in [-0.1, -0.05) is 42.5 Å². The molecular weight excluding hydrogens is 278 g/mol. The Morgan fingerprint density at radius 1 is 1.09 bits per heavy atom. The van der Waals surface area contributed by atoms with E-state index in [0.29, 0.717) is 12.1 Å². The normalized spacial score (nSPS) is 12.0. The van der Waals surface area contributed by atoms with Crippen molar-refractivity contribution >= 4 is 5.91 Å². The van der Waals surface area contributed by atoms with Gasteiger partial charge in [0.2, 0.25) is 0 Å². The number of amides is 1. The van der Waals surface area contributed by atoms with Crippen LogP contribution in [0.5, 0.6) is 5.75 Å². The summed E-state index contributed by atoms with van der Waals surface area (Å²) < 4.78 is 5.56. The zero-order valence-electron chi connectivity index (χ0n) is 12.8. The fraction of sp³-hybridized carbons (Fsp3) is 0.278. The van der Waals surface area contributed by atoms with Crippen LogP contribution in [0.1, 0.15) is 31.1 Å². The lowest BCUT2D eigenvalue weighted by Crippen LogP contribution is -2.28. The highest BCUT2D eigenvalue weighted by Crippen LogP contribution is 2.15. The van der Waals surface area contributed by atoms with Crippen molar-refractivity contribution in [3.63, 3.8) is 0 Å². The molecule has 0 fully saturated rings. The van der Waals surface area contributed by atoms with Gasteiger partial charge in [0, 0.05) is 6.54 Å². The molecule has 0 spiro atoms. The molecule has 2 aromatic carbocycles. The zero-order valence-corrected chi connectivity index (χ0v) is 12.8. The Kier molecular flexibility index (Phi) is 5.55. The molecule has 0 radical (unpaired) electrons. The van der Waals surface area contributed by atoms with Gasteiger partial charge in [-0.05, 0) is 37.1 Å². The number of aliphatic hydroxyl groups excluding tert-OH is 1. The van der Waals surface area contributed by atoms with Gasteiger partial charge >= 0.3 is 0 Å². The predicted octanol–water partition coefficient (Wildman–Crippen LogP) is 2.82. The average Bonchev–Trinajstić information content (AvgIpc) is 2.53. The maximum Gasteiger partial charge on any atom is 0.253 e. The predicted molar refractivity (Wildman–Crippen MR) is 85.5 cm³/mol. The van der Waals surface area contributed by atoms with E-state index in [2.05, 4.69) is 5.32 Å². The van der Waals surface area contributed by atoms with Gasteiger partial charge in [-0.25, -0.2) is 0 Å². The molecule has 0 heterocycles. The highest BCUT2D eigenvalue weighted by atomic mass is 16.5. The van der Waals surface area contributed by atoms with Crippen LogP contribution in [0.25, 0.3) is 0 Å². The van der Waals surface area contributed by atoms with E-state index < -0.39 is 12.0 Å². The van der Waals surface area contributed by atoms with Gasteiger partial charge in [-0.2, -0.15) is 0 Å². The molecule has 116 valence electrons. The van der Waals surface area contributed by atoms with Gasteiger partial charge < -0.3 is 15.2 Å². The fourth-order valence-corrected chi connectivity index (χ4v) is 2.03. The van der Waals surface area contributed by atoms with E-state index in [1.165, 1.54) is 0 Å². The minimum atomic E-state index is -1.15. The molecule has 2 N–H and O–H groups in total. The molecule has 0 saturated carbocycles. The van der Waals surface area contributed by atoms with Crippen LogP contribution < -0.4 is 10.1 Å². The minimum absolute atomic E-state index is 0.131. The maximum atomic E-state index is 11.9. The number of carbonyl (C=O) groups excluding carboxylic acids is 1. The highest BCUT2D eigenvalue weighted by Gasteiger charge is 2.16. The molecular formula is C18H21NO3. The molecule has 4 nitrogen and oxygen atoms in total. The first-order valence-corrected chi connectivity index (χ1v) is 7.32. The monoisotopic (exact) mass is 299 g/mol. The van der Waals surface area contributed by atoms with E-state index >= 15 is 0 Å². The van der Waals surface area contributed by atoms with E-state index in [1.54, 1.807) is 24.3 Å². The number of carbonyl (C=O) groups is 1. The Hall–Kier alpha value is -2.33. The molecule has 2 rings (SSSR count). The summed E-state index contributed by atoms with van der Waals surface area (Å²) in [5.74, 6) is 0.392. The molecule has 1 unspecified atom stereocenters. The molecule has 4 heteroatoms. The van der Waals surface area contributed by atoms with E-state index in [4.69, 9.17) is 4.74 Å². The summed E-state index contributed by atoms with van der Waals surface area (Å²) in [5.41, 5.74) is 1.53. The van der Waals surface area contributed by atoms with Crippen LogP contribution in [-0.2, 0) is 11.3 Å². The first-order valence-electron chi connectivity index (χ1n) is 7.32. The van der Waals surface area contributed by atoms with Crippen LogP contribution in [0.4, 0.5) is 0 Å². The Morgan fingerprint density at radius 2 is 1.73 bits per heavy atom. The van der Waals surface area contributed by atoms with Crippen molar-refractivity contribution in [1.82, 2.24) is 5.32 Å². The van der Waals surface area contributed by atoms with Gasteiger partial charge in [0.1, 0.15) is 5.75 Å². The van der Waals surface area contributed by atoms with Crippen LogP contribution in [0.2, 0.25) is 0 Å². The molecule has 0 aromatic heterocycles. The summed E-state index contributed by atoms with van der Waals surface area (Å²) in [6.07, 6.45) is -1.02. The Morgan fingerprint density at radius 3 is 2.32 bits per heavy atom. The summed E-state index contributed by atoms with van der Waals surface area (Å²) in [7, 11) is 0. The van der Waals surface area contributed by atoms with Crippen LogP contribution in [0.3, 0.4) is 0 Å². The summed E-state index contributed by atoms with van der Waals surface area (Å²) in [4.78, 5) is 11.9. The van der Waals surface area contributed by atoms with Crippen molar-refractivity contribution in [3.05, 3.63) is 65.7 Å². The van der Waals surface area contributed by atoms with Crippen molar-refractivity contribution in [2.75, 3.05) is 0 Å². The molecule has 2 aromatic rings. The molecule has 0 bridgehead atoms. The van der Waals surface area contributed by atoms with Crippen molar-refractivity contribution in [2.45, 2.75) is 32.6 Å². The summed E-state index contributed by atoms with van der Waals surface area (Å²) in [6.45, 7) is 4.31. The Labute approximate surface area is 130 Å². The largest absolute Gasteiger partial charge is 0.491 e. The van der Waals surface area contributed by atoms with Crippen molar-refractivity contribution in [3.8, 4) is 5.75 Å². The van der Waals surface area contributed by atoms with E-state index in [-0.39, 0.29) is 6.10 Å². The quantitative estimate of drug-likeness (QED) is 0.862. The van der Waals surface area contributed by atoms with Crippen LogP contribution in [0.15, 0.2) is 54.6 Å². The number of hydrogen-bond acceptors (Lipinski definition) is 3. The number of aliphatic hydroxyl groups is 1.